The number of nitrogens with zero attached hydrogens (tertiary/aromatic N) is 2. The summed E-state index contributed by atoms with van der Waals surface area (Å²) in [7, 11) is 1.61. The second-order valence-corrected chi connectivity index (χ2v) is 7.62. The zero-order valence-electron chi connectivity index (χ0n) is 17.2. The largest absolute Gasteiger partial charge is 0.497 e. The van der Waals surface area contributed by atoms with E-state index < -0.39 is 6.04 Å². The van der Waals surface area contributed by atoms with E-state index in [0.29, 0.717) is 17.4 Å². The molecule has 3 aromatic rings. The first kappa shape index (κ1) is 19.7. The third-order valence-corrected chi connectivity index (χ3v) is 5.26. The molecule has 0 fully saturated rings. The molecule has 2 amide bonds. The Bertz CT molecular complexity index is 1090. The smallest absolute Gasteiger partial charge is 0.251 e. The van der Waals surface area contributed by atoms with Gasteiger partial charge in [-0.15, -0.1) is 0 Å². The van der Waals surface area contributed by atoms with Gasteiger partial charge in [0.1, 0.15) is 17.6 Å². The Morgan fingerprint density at radius 2 is 2.00 bits per heavy atom. The number of carbonyl (C=O) groups is 2. The highest BCUT2D eigenvalue weighted by Crippen LogP contribution is 2.36. The van der Waals surface area contributed by atoms with E-state index >= 15 is 0 Å². The lowest BCUT2D eigenvalue weighted by molar-refractivity contribution is -0.123. The highest BCUT2D eigenvalue weighted by Gasteiger charge is 2.35. The number of aromatic nitrogens is 2. The molecule has 30 heavy (non-hydrogen) atoms. The zero-order chi connectivity index (χ0) is 21.3. The number of rotatable bonds is 6. The van der Waals surface area contributed by atoms with Crippen LogP contribution in [0.25, 0.3) is 11.1 Å². The van der Waals surface area contributed by atoms with Gasteiger partial charge in [0, 0.05) is 11.3 Å². The molecule has 154 valence electrons. The maximum atomic E-state index is 12.6. The SMILES string of the molecule is COc1cccc(-c2cnn3c2NC(=O)C3CC(=O)Nc2ccc(C(C)C)cc2)c1. The maximum Gasteiger partial charge on any atom is 0.251 e. The van der Waals surface area contributed by atoms with Gasteiger partial charge in [-0.3, -0.25) is 9.59 Å². The molecule has 7 nitrogen and oxygen atoms in total. The average Bonchev–Trinajstić information content (AvgIpc) is 3.28. The molecule has 0 radical (unpaired) electrons. The van der Waals surface area contributed by atoms with Gasteiger partial charge >= 0.3 is 0 Å². The lowest BCUT2D eigenvalue weighted by Crippen LogP contribution is -2.23. The number of nitrogens with one attached hydrogen (secondary N) is 2. The van der Waals surface area contributed by atoms with Crippen LogP contribution in [0.2, 0.25) is 0 Å². The molecular weight excluding hydrogens is 380 g/mol. The number of benzene rings is 2. The third kappa shape index (κ3) is 3.78. The summed E-state index contributed by atoms with van der Waals surface area (Å²) in [6.07, 6.45) is 1.70. The number of hydrogen-bond acceptors (Lipinski definition) is 4. The van der Waals surface area contributed by atoms with Crippen LogP contribution in [0.4, 0.5) is 11.5 Å². The molecule has 0 spiro atoms. The quantitative estimate of drug-likeness (QED) is 0.645. The third-order valence-electron chi connectivity index (χ3n) is 5.26. The van der Waals surface area contributed by atoms with E-state index in [1.165, 1.54) is 5.56 Å². The van der Waals surface area contributed by atoms with Gasteiger partial charge in [-0.1, -0.05) is 38.1 Å². The lowest BCUT2D eigenvalue weighted by Gasteiger charge is -2.11. The number of hydrogen-bond donors (Lipinski definition) is 2. The summed E-state index contributed by atoms with van der Waals surface area (Å²) < 4.78 is 6.86. The van der Waals surface area contributed by atoms with Crippen LogP contribution in [0, 0.1) is 0 Å². The molecule has 2 heterocycles. The number of fused-ring (bicyclic) bond motifs is 1. The predicted molar refractivity (Wildman–Crippen MR) is 116 cm³/mol. The van der Waals surface area contributed by atoms with E-state index in [4.69, 9.17) is 4.74 Å². The summed E-state index contributed by atoms with van der Waals surface area (Å²) in [5.41, 5.74) is 3.58. The lowest BCUT2D eigenvalue weighted by atomic mass is 10.0. The molecule has 0 saturated carbocycles. The van der Waals surface area contributed by atoms with Crippen molar-refractivity contribution < 1.29 is 14.3 Å². The van der Waals surface area contributed by atoms with Crippen molar-refractivity contribution in [2.45, 2.75) is 32.2 Å². The summed E-state index contributed by atoms with van der Waals surface area (Å²) in [6, 6.07) is 14.6. The van der Waals surface area contributed by atoms with E-state index in [1.54, 1.807) is 18.0 Å². The molecule has 0 bridgehead atoms. The Kier molecular flexibility index (Phi) is 5.27. The topological polar surface area (TPSA) is 85.2 Å². The minimum Gasteiger partial charge on any atom is -0.497 e. The van der Waals surface area contributed by atoms with Gasteiger partial charge in [0.05, 0.1) is 19.7 Å². The van der Waals surface area contributed by atoms with Crippen molar-refractivity contribution in [1.29, 1.82) is 0 Å². The second-order valence-electron chi connectivity index (χ2n) is 7.62. The van der Waals surface area contributed by atoms with Gasteiger partial charge in [-0.2, -0.15) is 5.10 Å². The summed E-state index contributed by atoms with van der Waals surface area (Å²) >= 11 is 0. The van der Waals surface area contributed by atoms with E-state index in [1.807, 2.05) is 48.5 Å². The van der Waals surface area contributed by atoms with Gasteiger partial charge in [-0.25, -0.2) is 4.68 Å². The number of amides is 2. The van der Waals surface area contributed by atoms with E-state index in [9.17, 15) is 9.59 Å². The van der Waals surface area contributed by atoms with Crippen LogP contribution in [-0.4, -0.2) is 28.7 Å². The van der Waals surface area contributed by atoms with E-state index in [0.717, 1.165) is 16.9 Å². The second kappa shape index (κ2) is 8.02. The molecule has 1 atom stereocenters. The van der Waals surface area contributed by atoms with Crippen molar-refractivity contribution in [2.24, 2.45) is 0 Å². The molecule has 1 aliphatic rings. The van der Waals surface area contributed by atoms with Gasteiger partial charge in [0.15, 0.2) is 0 Å². The first-order valence-electron chi connectivity index (χ1n) is 9.89. The highest BCUT2D eigenvalue weighted by molar-refractivity contribution is 6.04. The summed E-state index contributed by atoms with van der Waals surface area (Å²) in [5, 5.41) is 10.1. The van der Waals surface area contributed by atoms with Gasteiger partial charge < -0.3 is 15.4 Å². The van der Waals surface area contributed by atoms with Crippen LogP contribution < -0.4 is 15.4 Å². The van der Waals surface area contributed by atoms with Gasteiger partial charge in [0.2, 0.25) is 5.91 Å². The first-order chi connectivity index (χ1) is 14.5. The number of carbonyl (C=O) groups excluding carboxylic acids is 2. The van der Waals surface area contributed by atoms with Crippen LogP contribution in [-0.2, 0) is 9.59 Å². The fourth-order valence-electron chi connectivity index (χ4n) is 3.55. The Morgan fingerprint density at radius 1 is 1.23 bits per heavy atom. The van der Waals surface area contributed by atoms with Crippen LogP contribution in [0.1, 0.15) is 37.8 Å². The fraction of sp³-hybridized carbons (Fsp3) is 0.261. The number of methoxy groups -OCH3 is 1. The Morgan fingerprint density at radius 3 is 2.70 bits per heavy atom. The number of ether oxygens (including phenoxy) is 1. The van der Waals surface area contributed by atoms with Gasteiger partial charge in [-0.05, 0) is 41.3 Å². The molecule has 1 unspecified atom stereocenters. The number of anilines is 2. The predicted octanol–water partition coefficient (Wildman–Crippen LogP) is 4.20. The molecule has 7 heteroatoms. The summed E-state index contributed by atoms with van der Waals surface area (Å²) in [4.78, 5) is 25.1. The molecule has 4 rings (SSSR count). The van der Waals surface area contributed by atoms with Crippen LogP contribution in [0.5, 0.6) is 5.75 Å². The minimum atomic E-state index is -0.686. The molecule has 1 aliphatic heterocycles. The van der Waals surface area contributed by atoms with Crippen LogP contribution in [0.3, 0.4) is 0 Å². The minimum absolute atomic E-state index is 0.00396. The van der Waals surface area contributed by atoms with Crippen LogP contribution >= 0.6 is 0 Å². The van der Waals surface area contributed by atoms with Crippen molar-refractivity contribution in [3.63, 3.8) is 0 Å². The maximum absolute atomic E-state index is 12.6. The Hall–Kier alpha value is -3.61. The van der Waals surface area contributed by atoms with Crippen molar-refractivity contribution >= 4 is 23.3 Å². The monoisotopic (exact) mass is 404 g/mol. The molecule has 0 aliphatic carbocycles. The normalized spacial score (nSPS) is 15.1. The Labute approximate surface area is 175 Å². The highest BCUT2D eigenvalue weighted by atomic mass is 16.5. The molecule has 1 aromatic heterocycles. The first-order valence-corrected chi connectivity index (χ1v) is 9.89. The van der Waals surface area contributed by atoms with Crippen molar-refractivity contribution in [3.8, 4) is 16.9 Å². The Balaban J connectivity index is 1.49. The van der Waals surface area contributed by atoms with Gasteiger partial charge in [0.25, 0.3) is 5.91 Å². The molecule has 0 saturated heterocycles. The van der Waals surface area contributed by atoms with E-state index in [2.05, 4.69) is 29.6 Å². The van der Waals surface area contributed by atoms with Crippen molar-refractivity contribution in [1.82, 2.24) is 9.78 Å². The molecular formula is C23H24N4O3. The molecule has 2 aromatic carbocycles. The fourth-order valence-corrected chi connectivity index (χ4v) is 3.55. The van der Waals surface area contributed by atoms with E-state index in [-0.39, 0.29) is 18.2 Å². The van der Waals surface area contributed by atoms with Crippen molar-refractivity contribution in [2.75, 3.05) is 17.7 Å². The van der Waals surface area contributed by atoms with Crippen molar-refractivity contribution in [3.05, 3.63) is 60.3 Å². The standard InChI is InChI=1S/C23H24N4O3/c1-14(2)15-7-9-17(10-8-15)25-21(28)12-20-23(29)26-22-19(13-24-27(20)22)16-5-4-6-18(11-16)30-3/h4-11,13-14,20H,12H2,1-3H3,(H,25,28)(H,26,29). The average molecular weight is 404 g/mol. The van der Waals surface area contributed by atoms with Crippen LogP contribution in [0.15, 0.2) is 54.7 Å². The summed E-state index contributed by atoms with van der Waals surface area (Å²) in [6.45, 7) is 4.24. The molecule has 2 N–H and O–H groups in total. The summed E-state index contributed by atoms with van der Waals surface area (Å²) in [5.74, 6) is 1.25. The zero-order valence-corrected chi connectivity index (χ0v) is 17.2.